The molecule has 2 unspecified atom stereocenters. The highest BCUT2D eigenvalue weighted by Gasteiger charge is 2.31. The lowest BCUT2D eigenvalue weighted by atomic mass is 9.89. The van der Waals surface area contributed by atoms with Crippen LogP contribution in [0.2, 0.25) is 0 Å². The summed E-state index contributed by atoms with van der Waals surface area (Å²) in [5.74, 6) is 0. The highest BCUT2D eigenvalue weighted by Crippen LogP contribution is 2.29. The molecule has 2 saturated heterocycles. The Kier molecular flexibility index (Phi) is 2.66. The molecule has 2 fully saturated rings. The van der Waals surface area contributed by atoms with Crippen molar-refractivity contribution in [1.82, 2.24) is 4.90 Å². The molecule has 0 spiro atoms. The minimum absolute atomic E-state index is 0.372. The third-order valence-electron chi connectivity index (χ3n) is 3.43. The molecule has 2 heteroatoms. The molecule has 0 aromatic rings. The summed E-state index contributed by atoms with van der Waals surface area (Å²) in [5, 5.41) is 9.19. The zero-order valence-electron chi connectivity index (χ0n) is 7.71. The van der Waals surface area contributed by atoms with Gasteiger partial charge in [-0.05, 0) is 32.2 Å². The Morgan fingerprint density at radius 1 is 1.08 bits per heavy atom. The zero-order chi connectivity index (χ0) is 8.39. The first-order chi connectivity index (χ1) is 5.92. The molecule has 0 saturated carbocycles. The highest BCUT2D eigenvalue weighted by molar-refractivity contribution is 4.86. The van der Waals surface area contributed by atoms with Gasteiger partial charge in [-0.25, -0.2) is 0 Å². The van der Waals surface area contributed by atoms with Gasteiger partial charge in [0.2, 0.25) is 0 Å². The quantitative estimate of drug-likeness (QED) is 0.641. The Morgan fingerprint density at radius 2 is 1.92 bits per heavy atom. The summed E-state index contributed by atoms with van der Waals surface area (Å²) in [7, 11) is 0. The van der Waals surface area contributed by atoms with E-state index in [1.807, 2.05) is 0 Å². The number of rotatable bonds is 1. The highest BCUT2D eigenvalue weighted by atomic mass is 16.3. The van der Waals surface area contributed by atoms with Crippen molar-refractivity contribution in [1.29, 1.82) is 0 Å². The Bertz CT molecular complexity index is 140. The normalized spacial score (nSPS) is 37.8. The molecule has 0 aromatic carbocycles. The van der Waals surface area contributed by atoms with Crippen LogP contribution in [0.25, 0.3) is 0 Å². The van der Waals surface area contributed by atoms with Crippen LogP contribution in [-0.2, 0) is 0 Å². The minimum atomic E-state index is 0.372. The summed E-state index contributed by atoms with van der Waals surface area (Å²) in [6.07, 6.45) is 8.03. The molecule has 2 aliphatic rings. The molecular formula is C10H19NO. The smallest absolute Gasteiger partial charge is 0.0586 e. The van der Waals surface area contributed by atoms with Crippen LogP contribution in [0.15, 0.2) is 0 Å². The third kappa shape index (κ3) is 1.50. The van der Waals surface area contributed by atoms with E-state index < -0.39 is 0 Å². The maximum Gasteiger partial charge on any atom is 0.0586 e. The van der Waals surface area contributed by atoms with E-state index in [-0.39, 0.29) is 0 Å². The monoisotopic (exact) mass is 169 g/mol. The molecule has 0 aliphatic carbocycles. The topological polar surface area (TPSA) is 23.5 Å². The fourth-order valence-electron chi connectivity index (χ4n) is 2.76. The number of piperidine rings is 2. The van der Waals surface area contributed by atoms with E-state index in [2.05, 4.69) is 4.90 Å². The van der Waals surface area contributed by atoms with Crippen molar-refractivity contribution in [3.8, 4) is 0 Å². The maximum absolute atomic E-state index is 9.19. The SMILES string of the molecule is OCC1CCCC2CCCCN12. The van der Waals surface area contributed by atoms with E-state index in [9.17, 15) is 5.11 Å². The van der Waals surface area contributed by atoms with E-state index >= 15 is 0 Å². The molecule has 2 atom stereocenters. The second-order valence-electron chi connectivity index (χ2n) is 4.15. The summed E-state index contributed by atoms with van der Waals surface area (Å²) in [6, 6.07) is 1.30. The number of hydrogen-bond donors (Lipinski definition) is 1. The lowest BCUT2D eigenvalue weighted by Crippen LogP contribution is -2.50. The van der Waals surface area contributed by atoms with Gasteiger partial charge in [0.25, 0.3) is 0 Å². The third-order valence-corrected chi connectivity index (χ3v) is 3.43. The van der Waals surface area contributed by atoms with Crippen molar-refractivity contribution < 1.29 is 5.11 Å². The van der Waals surface area contributed by atoms with Gasteiger partial charge in [-0.2, -0.15) is 0 Å². The maximum atomic E-state index is 9.19. The van der Waals surface area contributed by atoms with Crippen LogP contribution in [0.5, 0.6) is 0 Å². The van der Waals surface area contributed by atoms with Gasteiger partial charge in [-0.15, -0.1) is 0 Å². The van der Waals surface area contributed by atoms with Gasteiger partial charge in [-0.3, -0.25) is 4.90 Å². The number of aliphatic hydroxyl groups excluding tert-OH is 1. The first kappa shape index (κ1) is 8.52. The number of fused-ring (bicyclic) bond motifs is 1. The van der Waals surface area contributed by atoms with Crippen molar-refractivity contribution in [2.75, 3.05) is 13.2 Å². The van der Waals surface area contributed by atoms with E-state index in [0.29, 0.717) is 12.6 Å². The fraction of sp³-hybridized carbons (Fsp3) is 1.00. The van der Waals surface area contributed by atoms with E-state index in [0.717, 1.165) is 6.04 Å². The van der Waals surface area contributed by atoms with E-state index in [4.69, 9.17) is 0 Å². The first-order valence-corrected chi connectivity index (χ1v) is 5.28. The molecule has 0 radical (unpaired) electrons. The Hall–Kier alpha value is -0.0800. The van der Waals surface area contributed by atoms with Crippen LogP contribution in [-0.4, -0.2) is 35.2 Å². The summed E-state index contributed by atoms with van der Waals surface area (Å²) in [6.45, 7) is 1.60. The Balaban J connectivity index is 1.99. The minimum Gasteiger partial charge on any atom is -0.395 e. The van der Waals surface area contributed by atoms with Crippen molar-refractivity contribution in [3.05, 3.63) is 0 Å². The molecule has 2 heterocycles. The average molecular weight is 169 g/mol. The predicted molar refractivity (Wildman–Crippen MR) is 49.1 cm³/mol. The van der Waals surface area contributed by atoms with Gasteiger partial charge in [0.05, 0.1) is 6.61 Å². The second-order valence-corrected chi connectivity index (χ2v) is 4.15. The molecule has 0 aromatic heterocycles. The molecule has 12 heavy (non-hydrogen) atoms. The van der Waals surface area contributed by atoms with Crippen LogP contribution in [0, 0.1) is 0 Å². The van der Waals surface area contributed by atoms with Gasteiger partial charge >= 0.3 is 0 Å². The fourth-order valence-corrected chi connectivity index (χ4v) is 2.76. The molecule has 1 N–H and O–H groups in total. The van der Waals surface area contributed by atoms with Crippen LogP contribution >= 0.6 is 0 Å². The summed E-state index contributed by atoms with van der Waals surface area (Å²) < 4.78 is 0. The van der Waals surface area contributed by atoms with Crippen molar-refractivity contribution in [2.24, 2.45) is 0 Å². The summed E-state index contributed by atoms with van der Waals surface area (Å²) in [5.41, 5.74) is 0. The molecule has 2 nitrogen and oxygen atoms in total. The molecule has 0 bridgehead atoms. The Morgan fingerprint density at radius 3 is 2.75 bits per heavy atom. The Labute approximate surface area is 74.6 Å². The molecule has 0 amide bonds. The van der Waals surface area contributed by atoms with Crippen LogP contribution in [0.1, 0.15) is 38.5 Å². The van der Waals surface area contributed by atoms with Gasteiger partial charge in [0, 0.05) is 12.1 Å². The lowest BCUT2D eigenvalue weighted by molar-refractivity contribution is 0.0221. The lowest BCUT2D eigenvalue weighted by Gasteiger charge is -2.44. The number of nitrogens with zero attached hydrogens (tertiary/aromatic N) is 1. The van der Waals surface area contributed by atoms with Crippen LogP contribution in [0.3, 0.4) is 0 Å². The van der Waals surface area contributed by atoms with Crippen molar-refractivity contribution >= 4 is 0 Å². The average Bonchev–Trinajstić information content (AvgIpc) is 2.17. The molecular weight excluding hydrogens is 150 g/mol. The molecule has 2 rings (SSSR count). The predicted octanol–water partition coefficient (Wildman–Crippen LogP) is 1.39. The van der Waals surface area contributed by atoms with Crippen LogP contribution in [0.4, 0.5) is 0 Å². The van der Waals surface area contributed by atoms with Crippen molar-refractivity contribution in [2.45, 2.75) is 50.6 Å². The van der Waals surface area contributed by atoms with Gasteiger partial charge in [0.1, 0.15) is 0 Å². The van der Waals surface area contributed by atoms with Gasteiger partial charge in [0.15, 0.2) is 0 Å². The van der Waals surface area contributed by atoms with Crippen LogP contribution < -0.4 is 0 Å². The van der Waals surface area contributed by atoms with E-state index in [1.165, 1.54) is 45.1 Å². The van der Waals surface area contributed by atoms with Crippen molar-refractivity contribution in [3.63, 3.8) is 0 Å². The standard InChI is InChI=1S/C10H19NO/c12-8-10-6-3-5-9-4-1-2-7-11(9)10/h9-10,12H,1-8H2. The first-order valence-electron chi connectivity index (χ1n) is 5.28. The number of aliphatic hydroxyl groups is 1. The zero-order valence-corrected chi connectivity index (χ0v) is 7.71. The summed E-state index contributed by atoms with van der Waals surface area (Å²) >= 11 is 0. The summed E-state index contributed by atoms with van der Waals surface area (Å²) in [4.78, 5) is 2.55. The van der Waals surface area contributed by atoms with Gasteiger partial charge < -0.3 is 5.11 Å². The second kappa shape index (κ2) is 3.75. The number of hydrogen-bond acceptors (Lipinski definition) is 2. The van der Waals surface area contributed by atoms with E-state index in [1.54, 1.807) is 0 Å². The molecule has 70 valence electrons. The van der Waals surface area contributed by atoms with Gasteiger partial charge in [-0.1, -0.05) is 12.8 Å². The largest absolute Gasteiger partial charge is 0.395 e. The molecule has 2 aliphatic heterocycles.